The molecular weight excluding hydrogens is 437 g/mol. The highest BCUT2D eigenvalue weighted by Crippen LogP contribution is 2.22. The number of thiocarbonyl (C=S) groups is 1. The van der Waals surface area contributed by atoms with Crippen molar-refractivity contribution >= 4 is 44.9 Å². The van der Waals surface area contributed by atoms with Gasteiger partial charge in [0.25, 0.3) is 0 Å². The Kier molecular flexibility index (Phi) is 6.98. The standard InChI is InChI=1S/C15H14BrF3N4O2S/c1-2-24-11-7-12(25-8-15(17,18)19)22-13(21-11)23-14(26)20-10-5-3-9(16)4-6-10/h3-7H,2,8H2,1H3,(H2,20,21,22,23,26). The minimum Gasteiger partial charge on any atom is -0.478 e. The number of aromatic nitrogens is 2. The number of hydrogen-bond donors (Lipinski definition) is 2. The van der Waals surface area contributed by atoms with Gasteiger partial charge in [0, 0.05) is 10.2 Å². The van der Waals surface area contributed by atoms with Crippen LogP contribution in [-0.2, 0) is 0 Å². The fourth-order valence-electron chi connectivity index (χ4n) is 1.71. The molecule has 2 rings (SSSR count). The average Bonchev–Trinajstić information content (AvgIpc) is 2.54. The fourth-order valence-corrected chi connectivity index (χ4v) is 2.18. The first-order valence-corrected chi connectivity index (χ1v) is 8.50. The van der Waals surface area contributed by atoms with E-state index in [-0.39, 0.29) is 29.4 Å². The van der Waals surface area contributed by atoms with Gasteiger partial charge in [0.05, 0.1) is 12.7 Å². The number of hydrogen-bond acceptors (Lipinski definition) is 5. The predicted molar refractivity (Wildman–Crippen MR) is 98.7 cm³/mol. The zero-order valence-corrected chi connectivity index (χ0v) is 15.8. The summed E-state index contributed by atoms with van der Waals surface area (Å²) in [5.41, 5.74) is 0.709. The molecule has 0 unspecified atom stereocenters. The SMILES string of the molecule is CCOc1cc(OCC(F)(F)F)nc(NC(=S)Nc2ccc(Br)cc2)n1. The molecule has 1 aromatic carbocycles. The maximum Gasteiger partial charge on any atom is 0.422 e. The Bertz CT molecular complexity index is 760. The lowest BCUT2D eigenvalue weighted by molar-refractivity contribution is -0.154. The van der Waals surface area contributed by atoms with Crippen molar-refractivity contribution in [1.82, 2.24) is 9.97 Å². The van der Waals surface area contributed by atoms with E-state index in [1.165, 1.54) is 6.07 Å². The maximum absolute atomic E-state index is 12.3. The highest BCUT2D eigenvalue weighted by Gasteiger charge is 2.29. The highest BCUT2D eigenvalue weighted by molar-refractivity contribution is 9.10. The largest absolute Gasteiger partial charge is 0.478 e. The molecule has 140 valence electrons. The summed E-state index contributed by atoms with van der Waals surface area (Å²) in [7, 11) is 0. The molecule has 0 fully saturated rings. The smallest absolute Gasteiger partial charge is 0.422 e. The van der Waals surface area contributed by atoms with Crippen LogP contribution in [0.4, 0.5) is 24.8 Å². The Hall–Kier alpha value is -2.14. The van der Waals surface area contributed by atoms with Gasteiger partial charge < -0.3 is 20.1 Å². The van der Waals surface area contributed by atoms with Gasteiger partial charge in [-0.25, -0.2) is 0 Å². The van der Waals surface area contributed by atoms with Crippen molar-refractivity contribution in [3.05, 3.63) is 34.8 Å². The van der Waals surface area contributed by atoms with E-state index in [0.29, 0.717) is 5.69 Å². The third-order valence-corrected chi connectivity index (χ3v) is 3.42. The molecule has 0 amide bonds. The number of rotatable bonds is 6. The zero-order chi connectivity index (χ0) is 19.2. The lowest BCUT2D eigenvalue weighted by atomic mass is 10.3. The third-order valence-electron chi connectivity index (χ3n) is 2.68. The summed E-state index contributed by atoms with van der Waals surface area (Å²) in [5, 5.41) is 5.74. The van der Waals surface area contributed by atoms with E-state index in [0.717, 1.165) is 4.47 Å². The van der Waals surface area contributed by atoms with Crippen molar-refractivity contribution in [2.75, 3.05) is 23.8 Å². The molecule has 2 N–H and O–H groups in total. The van der Waals surface area contributed by atoms with E-state index in [1.54, 1.807) is 19.1 Å². The second kappa shape index (κ2) is 8.99. The first-order chi connectivity index (χ1) is 12.2. The van der Waals surface area contributed by atoms with Gasteiger partial charge >= 0.3 is 6.18 Å². The Morgan fingerprint density at radius 3 is 2.31 bits per heavy atom. The van der Waals surface area contributed by atoms with Crippen LogP contribution < -0.4 is 20.1 Å². The Morgan fingerprint density at radius 1 is 1.12 bits per heavy atom. The second-order valence-corrected chi connectivity index (χ2v) is 6.11. The topological polar surface area (TPSA) is 68.3 Å². The van der Waals surface area contributed by atoms with Crippen LogP contribution in [0.1, 0.15) is 6.92 Å². The molecule has 0 saturated heterocycles. The number of nitrogens with one attached hydrogen (secondary N) is 2. The zero-order valence-electron chi connectivity index (χ0n) is 13.4. The fraction of sp³-hybridized carbons (Fsp3) is 0.267. The van der Waals surface area contributed by atoms with Gasteiger partial charge in [-0.1, -0.05) is 15.9 Å². The summed E-state index contributed by atoms with van der Waals surface area (Å²) in [6.07, 6.45) is -4.48. The molecule has 0 bridgehead atoms. The van der Waals surface area contributed by atoms with E-state index in [9.17, 15) is 13.2 Å². The van der Waals surface area contributed by atoms with Crippen molar-refractivity contribution in [3.8, 4) is 11.8 Å². The Labute approximate surface area is 161 Å². The third kappa shape index (κ3) is 7.00. The maximum atomic E-state index is 12.3. The predicted octanol–water partition coefficient (Wildman–Crippen LogP) is 4.39. The van der Waals surface area contributed by atoms with Crippen LogP contribution in [0.3, 0.4) is 0 Å². The molecule has 1 aromatic heterocycles. The van der Waals surface area contributed by atoms with E-state index >= 15 is 0 Å². The monoisotopic (exact) mass is 450 g/mol. The van der Waals surface area contributed by atoms with Crippen molar-refractivity contribution in [1.29, 1.82) is 0 Å². The first-order valence-electron chi connectivity index (χ1n) is 7.30. The molecule has 1 heterocycles. The summed E-state index contributed by atoms with van der Waals surface area (Å²) in [6.45, 7) is 0.512. The molecule has 0 saturated carbocycles. The number of alkyl halides is 3. The summed E-state index contributed by atoms with van der Waals surface area (Å²) in [6, 6.07) is 8.38. The molecule has 6 nitrogen and oxygen atoms in total. The normalized spacial score (nSPS) is 11.0. The molecule has 0 spiro atoms. The molecule has 2 aromatic rings. The van der Waals surface area contributed by atoms with Gasteiger partial charge in [0.2, 0.25) is 17.7 Å². The number of nitrogens with zero attached hydrogens (tertiary/aromatic N) is 2. The second-order valence-electron chi connectivity index (χ2n) is 4.79. The summed E-state index contributed by atoms with van der Waals surface area (Å²) in [4.78, 5) is 7.88. The molecule has 11 heteroatoms. The van der Waals surface area contributed by atoms with Gasteiger partial charge in [-0.2, -0.15) is 23.1 Å². The minimum atomic E-state index is -4.48. The summed E-state index contributed by atoms with van der Waals surface area (Å²) < 4.78 is 47.7. The molecule has 0 aliphatic carbocycles. The van der Waals surface area contributed by atoms with Gasteiger partial charge in [0.1, 0.15) is 0 Å². The number of halogens is 4. The van der Waals surface area contributed by atoms with Gasteiger partial charge in [-0.3, -0.25) is 0 Å². The Morgan fingerprint density at radius 2 is 1.73 bits per heavy atom. The van der Waals surface area contributed by atoms with Crippen LogP contribution in [0.5, 0.6) is 11.8 Å². The minimum absolute atomic E-state index is 0.0530. The van der Waals surface area contributed by atoms with E-state index < -0.39 is 12.8 Å². The highest BCUT2D eigenvalue weighted by atomic mass is 79.9. The average molecular weight is 451 g/mol. The number of benzene rings is 1. The van der Waals surface area contributed by atoms with Crippen LogP contribution in [-0.4, -0.2) is 34.5 Å². The lowest BCUT2D eigenvalue weighted by Gasteiger charge is -2.13. The van der Waals surface area contributed by atoms with Crippen LogP contribution in [0.15, 0.2) is 34.8 Å². The molecule has 0 aliphatic rings. The van der Waals surface area contributed by atoms with Crippen molar-refractivity contribution in [2.24, 2.45) is 0 Å². The van der Waals surface area contributed by atoms with Crippen molar-refractivity contribution < 1.29 is 22.6 Å². The molecule has 26 heavy (non-hydrogen) atoms. The van der Waals surface area contributed by atoms with Gasteiger partial charge in [-0.15, -0.1) is 0 Å². The number of ether oxygens (including phenoxy) is 2. The van der Waals surface area contributed by atoms with Crippen LogP contribution >= 0.6 is 28.1 Å². The van der Waals surface area contributed by atoms with E-state index in [1.807, 2.05) is 12.1 Å². The summed E-state index contributed by atoms with van der Waals surface area (Å²) in [5.74, 6) is -0.272. The van der Waals surface area contributed by atoms with Crippen molar-refractivity contribution in [3.63, 3.8) is 0 Å². The van der Waals surface area contributed by atoms with Gasteiger partial charge in [0.15, 0.2) is 11.7 Å². The summed E-state index contributed by atoms with van der Waals surface area (Å²) >= 11 is 8.47. The molecule has 0 radical (unpaired) electrons. The molecule has 0 aliphatic heterocycles. The van der Waals surface area contributed by atoms with Crippen molar-refractivity contribution in [2.45, 2.75) is 13.1 Å². The lowest BCUT2D eigenvalue weighted by Crippen LogP contribution is -2.22. The van der Waals surface area contributed by atoms with Crippen LogP contribution in [0.25, 0.3) is 0 Å². The van der Waals surface area contributed by atoms with E-state index in [4.69, 9.17) is 17.0 Å². The van der Waals surface area contributed by atoms with Gasteiger partial charge in [-0.05, 0) is 43.4 Å². The Balaban J connectivity index is 2.09. The van der Waals surface area contributed by atoms with Crippen LogP contribution in [0.2, 0.25) is 0 Å². The van der Waals surface area contributed by atoms with Crippen LogP contribution in [0, 0.1) is 0 Å². The number of anilines is 2. The first kappa shape index (κ1) is 20.2. The van der Waals surface area contributed by atoms with E-state index in [2.05, 4.69) is 41.3 Å². The quantitative estimate of drug-likeness (QED) is 0.632. The molecule has 0 atom stereocenters. The molecular formula is C15H14BrF3N4O2S.